The van der Waals surface area contributed by atoms with Crippen molar-refractivity contribution in [2.75, 3.05) is 20.8 Å². The zero-order chi connectivity index (χ0) is 21.7. The molecule has 0 aliphatic carbocycles. The zero-order valence-corrected chi connectivity index (χ0v) is 16.7. The highest BCUT2D eigenvalue weighted by Crippen LogP contribution is 2.36. The summed E-state index contributed by atoms with van der Waals surface area (Å²) in [5.74, 6) is -0.829. The van der Waals surface area contributed by atoms with Gasteiger partial charge in [-0.15, -0.1) is 0 Å². The number of hydrogen-bond donors (Lipinski definition) is 0. The van der Waals surface area contributed by atoms with Gasteiger partial charge in [-0.1, -0.05) is 30.3 Å². The number of rotatable bonds is 7. The predicted octanol–water partition coefficient (Wildman–Crippen LogP) is 2.96. The molecule has 0 bridgehead atoms. The number of carbonyl (C=O) groups is 2. The van der Waals surface area contributed by atoms with Crippen LogP contribution in [0.1, 0.15) is 28.8 Å². The van der Waals surface area contributed by atoms with E-state index in [0.717, 1.165) is 5.56 Å². The zero-order valence-electron chi connectivity index (χ0n) is 16.7. The smallest absolute Gasteiger partial charge is 0.328 e. The van der Waals surface area contributed by atoms with Crippen molar-refractivity contribution < 1.29 is 28.7 Å². The number of nitro groups is 1. The quantitative estimate of drug-likeness (QED) is 0.389. The minimum Gasteiger partial charge on any atom is -0.493 e. The van der Waals surface area contributed by atoms with Crippen molar-refractivity contribution in [3.8, 4) is 11.5 Å². The van der Waals surface area contributed by atoms with Gasteiger partial charge in [0.25, 0.3) is 11.6 Å². The van der Waals surface area contributed by atoms with Crippen LogP contribution in [-0.2, 0) is 16.1 Å². The normalized spacial score (nSPS) is 15.5. The second-order valence-corrected chi connectivity index (χ2v) is 6.73. The minimum atomic E-state index is -0.762. The molecule has 1 fully saturated rings. The summed E-state index contributed by atoms with van der Waals surface area (Å²) >= 11 is 0. The molecule has 0 N–H and O–H groups in total. The van der Waals surface area contributed by atoms with Crippen molar-refractivity contribution in [1.82, 2.24) is 4.90 Å². The molecule has 0 radical (unpaired) electrons. The summed E-state index contributed by atoms with van der Waals surface area (Å²) in [6.07, 6.45) is 1.05. The van der Waals surface area contributed by atoms with E-state index in [1.165, 1.54) is 31.3 Å². The molecular weight excluding hydrogens is 392 g/mol. The van der Waals surface area contributed by atoms with Crippen LogP contribution in [-0.4, -0.2) is 48.5 Å². The average Bonchev–Trinajstić information content (AvgIpc) is 3.26. The Morgan fingerprint density at radius 3 is 2.53 bits per heavy atom. The summed E-state index contributed by atoms with van der Waals surface area (Å²) in [6.45, 7) is 0.489. The maximum absolute atomic E-state index is 13.1. The number of likely N-dealkylation sites (tertiary alicyclic amines) is 1. The van der Waals surface area contributed by atoms with Gasteiger partial charge in [-0.25, -0.2) is 4.79 Å². The molecule has 1 atom stereocenters. The predicted molar refractivity (Wildman–Crippen MR) is 106 cm³/mol. The van der Waals surface area contributed by atoms with Gasteiger partial charge in [0, 0.05) is 12.6 Å². The number of methoxy groups -OCH3 is 2. The Morgan fingerprint density at radius 2 is 1.90 bits per heavy atom. The molecule has 30 heavy (non-hydrogen) atoms. The van der Waals surface area contributed by atoms with E-state index in [1.807, 2.05) is 30.3 Å². The van der Waals surface area contributed by atoms with Crippen LogP contribution in [0.25, 0.3) is 0 Å². The highest BCUT2D eigenvalue weighted by Gasteiger charge is 2.38. The third kappa shape index (κ3) is 4.35. The van der Waals surface area contributed by atoms with Crippen molar-refractivity contribution in [2.45, 2.75) is 25.5 Å². The standard InChI is InChI=1S/C21H22N2O7/c1-28-18-11-15(20(24)22-10-6-9-16(22)21(25)29-2)17(23(26)27)12-19(18)30-13-14-7-4-3-5-8-14/h3-5,7-8,11-12,16H,6,9-10,13H2,1-2H3. The van der Waals surface area contributed by atoms with Gasteiger partial charge in [0.05, 0.1) is 25.2 Å². The van der Waals surface area contributed by atoms with Crippen LogP contribution >= 0.6 is 0 Å². The molecule has 0 aromatic heterocycles. The molecule has 1 aliphatic rings. The van der Waals surface area contributed by atoms with E-state index in [0.29, 0.717) is 19.4 Å². The molecule has 3 rings (SSSR count). The summed E-state index contributed by atoms with van der Waals surface area (Å²) in [6, 6.07) is 11.0. The van der Waals surface area contributed by atoms with Crippen molar-refractivity contribution in [1.29, 1.82) is 0 Å². The van der Waals surface area contributed by atoms with Crippen molar-refractivity contribution >= 4 is 17.6 Å². The van der Waals surface area contributed by atoms with E-state index < -0.39 is 28.5 Å². The third-order valence-electron chi connectivity index (χ3n) is 4.93. The lowest BCUT2D eigenvalue weighted by Crippen LogP contribution is -2.41. The molecule has 0 spiro atoms. The molecule has 1 unspecified atom stereocenters. The average molecular weight is 414 g/mol. The van der Waals surface area contributed by atoms with Gasteiger partial charge in [-0.2, -0.15) is 0 Å². The fourth-order valence-electron chi connectivity index (χ4n) is 3.42. The van der Waals surface area contributed by atoms with Crippen LogP contribution < -0.4 is 9.47 Å². The maximum atomic E-state index is 13.1. The lowest BCUT2D eigenvalue weighted by molar-refractivity contribution is -0.385. The molecule has 1 amide bonds. The first-order valence-corrected chi connectivity index (χ1v) is 9.38. The minimum absolute atomic E-state index is 0.149. The summed E-state index contributed by atoms with van der Waals surface area (Å²) in [5.41, 5.74) is 0.291. The SMILES string of the molecule is COC(=O)C1CCCN1C(=O)c1cc(OC)c(OCc2ccccc2)cc1[N+](=O)[O-]. The van der Waals surface area contributed by atoms with Gasteiger partial charge in [0.1, 0.15) is 18.2 Å². The molecule has 9 heteroatoms. The molecule has 1 heterocycles. The number of nitro benzene ring substituents is 1. The molecule has 0 saturated carbocycles. The van der Waals surface area contributed by atoms with E-state index in [9.17, 15) is 19.7 Å². The largest absolute Gasteiger partial charge is 0.493 e. The molecule has 9 nitrogen and oxygen atoms in total. The van der Waals surface area contributed by atoms with Crippen LogP contribution in [0.5, 0.6) is 11.5 Å². The van der Waals surface area contributed by atoms with E-state index in [1.54, 1.807) is 0 Å². The van der Waals surface area contributed by atoms with E-state index in [2.05, 4.69) is 0 Å². The lowest BCUT2D eigenvalue weighted by atomic mass is 10.1. The number of carbonyl (C=O) groups excluding carboxylic acids is 2. The fraction of sp³-hybridized carbons (Fsp3) is 0.333. The van der Waals surface area contributed by atoms with Crippen LogP contribution in [0, 0.1) is 10.1 Å². The molecular formula is C21H22N2O7. The number of esters is 1. The van der Waals surface area contributed by atoms with Crippen molar-refractivity contribution in [3.05, 3.63) is 63.7 Å². The topological polar surface area (TPSA) is 108 Å². The number of benzene rings is 2. The highest BCUT2D eigenvalue weighted by molar-refractivity contribution is 6.01. The van der Waals surface area contributed by atoms with Crippen LogP contribution in [0.2, 0.25) is 0 Å². The maximum Gasteiger partial charge on any atom is 0.328 e. The first-order valence-electron chi connectivity index (χ1n) is 9.38. The Balaban J connectivity index is 1.93. The second kappa shape index (κ2) is 9.25. The van der Waals surface area contributed by atoms with E-state index in [-0.39, 0.29) is 23.7 Å². The Labute approximate surface area is 173 Å². The number of hydrogen-bond acceptors (Lipinski definition) is 7. The van der Waals surface area contributed by atoms with Gasteiger partial charge in [0.15, 0.2) is 11.5 Å². The fourth-order valence-corrected chi connectivity index (χ4v) is 3.42. The van der Waals surface area contributed by atoms with E-state index in [4.69, 9.17) is 14.2 Å². The molecule has 2 aromatic rings. The Hall–Kier alpha value is -3.62. The molecule has 1 saturated heterocycles. The summed E-state index contributed by atoms with van der Waals surface area (Å²) < 4.78 is 15.8. The number of amides is 1. The van der Waals surface area contributed by atoms with Gasteiger partial charge >= 0.3 is 5.97 Å². The summed E-state index contributed by atoms with van der Waals surface area (Å²) in [4.78, 5) is 37.4. The summed E-state index contributed by atoms with van der Waals surface area (Å²) in [7, 11) is 2.63. The first kappa shape index (κ1) is 21.1. The number of ether oxygens (including phenoxy) is 3. The Kier molecular flexibility index (Phi) is 6.51. The van der Waals surface area contributed by atoms with Crippen LogP contribution in [0.4, 0.5) is 5.69 Å². The highest BCUT2D eigenvalue weighted by atomic mass is 16.6. The number of nitrogens with zero attached hydrogens (tertiary/aromatic N) is 2. The third-order valence-corrected chi connectivity index (χ3v) is 4.93. The van der Waals surface area contributed by atoms with Crippen LogP contribution in [0.15, 0.2) is 42.5 Å². The van der Waals surface area contributed by atoms with Gasteiger partial charge in [-0.05, 0) is 18.4 Å². The van der Waals surface area contributed by atoms with Crippen LogP contribution in [0.3, 0.4) is 0 Å². The van der Waals surface area contributed by atoms with E-state index >= 15 is 0 Å². The van der Waals surface area contributed by atoms with Gasteiger partial charge in [0.2, 0.25) is 0 Å². The Bertz CT molecular complexity index is 946. The van der Waals surface area contributed by atoms with Crippen molar-refractivity contribution in [2.24, 2.45) is 0 Å². The summed E-state index contributed by atoms with van der Waals surface area (Å²) in [5, 5.41) is 11.7. The second-order valence-electron chi connectivity index (χ2n) is 6.73. The first-order chi connectivity index (χ1) is 14.5. The molecule has 2 aromatic carbocycles. The monoisotopic (exact) mass is 414 g/mol. The molecule has 1 aliphatic heterocycles. The Morgan fingerprint density at radius 1 is 1.17 bits per heavy atom. The van der Waals surface area contributed by atoms with Crippen molar-refractivity contribution in [3.63, 3.8) is 0 Å². The molecule has 158 valence electrons. The van der Waals surface area contributed by atoms with Gasteiger partial charge in [-0.3, -0.25) is 14.9 Å². The van der Waals surface area contributed by atoms with Gasteiger partial charge < -0.3 is 19.1 Å². The lowest BCUT2D eigenvalue weighted by Gasteiger charge is -2.23.